The first-order chi connectivity index (χ1) is 7.72. The Balaban J connectivity index is 2.11. The number of halogens is 1. The first kappa shape index (κ1) is 13.0. The highest BCUT2D eigenvalue weighted by Gasteiger charge is 1.97. The molecule has 1 rings (SSSR count). The summed E-state index contributed by atoms with van der Waals surface area (Å²) in [6.45, 7) is 3.61. The van der Waals surface area contributed by atoms with Crippen LogP contribution in [0.15, 0.2) is 24.3 Å². The molecule has 0 bridgehead atoms. The molecule has 1 N–H and O–H groups in total. The number of hydrogen-bond acceptors (Lipinski definition) is 3. The highest BCUT2D eigenvalue weighted by atomic mass is 35.5. The van der Waals surface area contributed by atoms with E-state index in [1.165, 1.54) is 0 Å². The van der Waals surface area contributed by atoms with Crippen LogP contribution < -0.4 is 5.32 Å². The van der Waals surface area contributed by atoms with Gasteiger partial charge in [-0.05, 0) is 17.7 Å². The Morgan fingerprint density at radius 1 is 1.38 bits per heavy atom. The van der Waals surface area contributed by atoms with E-state index in [9.17, 15) is 4.79 Å². The Hall–Kier alpha value is -1.06. The molecule has 0 unspecified atom stereocenters. The highest BCUT2D eigenvalue weighted by Crippen LogP contribution is 2.08. The number of benzene rings is 1. The monoisotopic (exact) mass is 241 g/mol. The smallest absolute Gasteiger partial charge is 0.305 e. The standard InChI is InChI=1S/C12H16ClNO2/c1-2-12(15)16-8-7-14-9-10-3-5-11(13)6-4-10/h3-6,14H,2,7-9H2,1H3. The molecule has 16 heavy (non-hydrogen) atoms. The first-order valence-corrected chi connectivity index (χ1v) is 5.71. The largest absolute Gasteiger partial charge is 0.464 e. The molecule has 0 aliphatic heterocycles. The molecular weight excluding hydrogens is 226 g/mol. The van der Waals surface area contributed by atoms with Gasteiger partial charge in [-0.25, -0.2) is 0 Å². The minimum Gasteiger partial charge on any atom is -0.464 e. The maximum atomic E-state index is 10.8. The third kappa shape index (κ3) is 5.14. The molecule has 0 amide bonds. The van der Waals surface area contributed by atoms with Crippen molar-refractivity contribution < 1.29 is 9.53 Å². The third-order valence-corrected chi connectivity index (χ3v) is 2.32. The van der Waals surface area contributed by atoms with E-state index in [4.69, 9.17) is 16.3 Å². The highest BCUT2D eigenvalue weighted by molar-refractivity contribution is 6.30. The number of ether oxygens (including phenoxy) is 1. The van der Waals surface area contributed by atoms with Crippen LogP contribution in [0, 0.1) is 0 Å². The summed E-state index contributed by atoms with van der Waals surface area (Å²) in [4.78, 5) is 10.8. The molecule has 88 valence electrons. The van der Waals surface area contributed by atoms with E-state index in [-0.39, 0.29) is 5.97 Å². The predicted octanol–water partition coefficient (Wildman–Crippen LogP) is 2.38. The maximum absolute atomic E-state index is 10.8. The number of carbonyl (C=O) groups excluding carboxylic acids is 1. The van der Waals surface area contributed by atoms with Gasteiger partial charge in [-0.2, -0.15) is 0 Å². The van der Waals surface area contributed by atoms with Gasteiger partial charge in [-0.1, -0.05) is 30.7 Å². The van der Waals surface area contributed by atoms with Crippen molar-refractivity contribution in [3.05, 3.63) is 34.9 Å². The maximum Gasteiger partial charge on any atom is 0.305 e. The van der Waals surface area contributed by atoms with Crippen LogP contribution in [0.2, 0.25) is 5.02 Å². The Kier molecular flexibility index (Phi) is 5.90. The zero-order valence-corrected chi connectivity index (χ0v) is 10.1. The summed E-state index contributed by atoms with van der Waals surface area (Å²) in [5, 5.41) is 3.92. The predicted molar refractivity (Wildman–Crippen MR) is 64.4 cm³/mol. The fourth-order valence-electron chi connectivity index (χ4n) is 1.17. The molecule has 1 aromatic rings. The van der Waals surface area contributed by atoms with Crippen molar-refractivity contribution in [3.8, 4) is 0 Å². The minimum atomic E-state index is -0.159. The molecular formula is C12H16ClNO2. The molecule has 0 spiro atoms. The Morgan fingerprint density at radius 3 is 2.69 bits per heavy atom. The van der Waals surface area contributed by atoms with Crippen molar-refractivity contribution in [2.45, 2.75) is 19.9 Å². The summed E-state index contributed by atoms with van der Waals surface area (Å²) in [5.74, 6) is -0.159. The Labute approximate surface area is 101 Å². The van der Waals surface area contributed by atoms with Crippen LogP contribution in [0.3, 0.4) is 0 Å². The summed E-state index contributed by atoms with van der Waals surface area (Å²) >= 11 is 5.77. The van der Waals surface area contributed by atoms with Gasteiger partial charge < -0.3 is 10.1 Å². The SMILES string of the molecule is CCC(=O)OCCNCc1ccc(Cl)cc1. The van der Waals surface area contributed by atoms with Crippen molar-refractivity contribution in [3.63, 3.8) is 0 Å². The molecule has 0 fully saturated rings. The molecule has 3 nitrogen and oxygen atoms in total. The van der Waals surface area contributed by atoms with Gasteiger partial charge in [0.25, 0.3) is 0 Å². The van der Waals surface area contributed by atoms with Gasteiger partial charge in [0.1, 0.15) is 6.61 Å². The topological polar surface area (TPSA) is 38.3 Å². The van der Waals surface area contributed by atoms with Crippen molar-refractivity contribution >= 4 is 17.6 Å². The number of rotatable bonds is 6. The fraction of sp³-hybridized carbons (Fsp3) is 0.417. The normalized spacial score (nSPS) is 10.1. The lowest BCUT2D eigenvalue weighted by Gasteiger charge is -2.05. The zero-order chi connectivity index (χ0) is 11.8. The Bertz CT molecular complexity index is 324. The second kappa shape index (κ2) is 7.25. The van der Waals surface area contributed by atoms with Crippen LogP contribution in [-0.2, 0) is 16.1 Å². The lowest BCUT2D eigenvalue weighted by molar-refractivity contribution is -0.143. The zero-order valence-electron chi connectivity index (χ0n) is 9.33. The van der Waals surface area contributed by atoms with E-state index < -0.39 is 0 Å². The van der Waals surface area contributed by atoms with Crippen molar-refractivity contribution in [1.82, 2.24) is 5.32 Å². The van der Waals surface area contributed by atoms with Gasteiger partial charge in [-0.15, -0.1) is 0 Å². The van der Waals surface area contributed by atoms with E-state index in [1.807, 2.05) is 24.3 Å². The summed E-state index contributed by atoms with van der Waals surface area (Å²) in [6, 6.07) is 7.64. The van der Waals surface area contributed by atoms with E-state index in [0.29, 0.717) is 19.6 Å². The van der Waals surface area contributed by atoms with Gasteiger partial charge in [-0.3, -0.25) is 4.79 Å². The summed E-state index contributed by atoms with van der Waals surface area (Å²) in [5.41, 5.74) is 1.16. The third-order valence-electron chi connectivity index (χ3n) is 2.07. The number of carbonyl (C=O) groups is 1. The van der Waals surface area contributed by atoms with E-state index in [1.54, 1.807) is 6.92 Å². The second-order valence-corrected chi connectivity index (χ2v) is 3.81. The van der Waals surface area contributed by atoms with Gasteiger partial charge >= 0.3 is 5.97 Å². The van der Waals surface area contributed by atoms with Crippen LogP contribution in [0.25, 0.3) is 0 Å². The van der Waals surface area contributed by atoms with Crippen LogP contribution in [0.1, 0.15) is 18.9 Å². The van der Waals surface area contributed by atoms with Gasteiger partial charge in [0.15, 0.2) is 0 Å². The molecule has 0 atom stereocenters. The van der Waals surface area contributed by atoms with Crippen LogP contribution in [-0.4, -0.2) is 19.1 Å². The second-order valence-electron chi connectivity index (χ2n) is 3.38. The minimum absolute atomic E-state index is 0.159. The van der Waals surface area contributed by atoms with Gasteiger partial charge in [0.2, 0.25) is 0 Å². The number of nitrogens with one attached hydrogen (secondary N) is 1. The lowest BCUT2D eigenvalue weighted by Crippen LogP contribution is -2.20. The van der Waals surface area contributed by atoms with Crippen molar-refractivity contribution in [1.29, 1.82) is 0 Å². The van der Waals surface area contributed by atoms with Crippen molar-refractivity contribution in [2.24, 2.45) is 0 Å². The molecule has 4 heteroatoms. The average Bonchev–Trinajstić information content (AvgIpc) is 2.31. The first-order valence-electron chi connectivity index (χ1n) is 5.33. The molecule has 0 aromatic heterocycles. The quantitative estimate of drug-likeness (QED) is 0.614. The molecule has 0 saturated carbocycles. The number of hydrogen-bond donors (Lipinski definition) is 1. The van der Waals surface area contributed by atoms with Gasteiger partial charge in [0, 0.05) is 24.5 Å². The Morgan fingerprint density at radius 2 is 2.06 bits per heavy atom. The van der Waals surface area contributed by atoms with Crippen molar-refractivity contribution in [2.75, 3.05) is 13.2 Å². The van der Waals surface area contributed by atoms with Crippen LogP contribution in [0.4, 0.5) is 0 Å². The fourth-order valence-corrected chi connectivity index (χ4v) is 1.30. The molecule has 0 heterocycles. The number of esters is 1. The molecule has 0 aliphatic carbocycles. The van der Waals surface area contributed by atoms with E-state index in [2.05, 4.69) is 5.32 Å². The molecule has 1 aromatic carbocycles. The summed E-state index contributed by atoms with van der Waals surface area (Å²) in [7, 11) is 0. The molecule has 0 radical (unpaired) electrons. The van der Waals surface area contributed by atoms with E-state index in [0.717, 1.165) is 17.1 Å². The summed E-state index contributed by atoms with van der Waals surface area (Å²) < 4.78 is 4.93. The summed E-state index contributed by atoms with van der Waals surface area (Å²) in [6.07, 6.45) is 0.428. The molecule has 0 saturated heterocycles. The average molecular weight is 242 g/mol. The van der Waals surface area contributed by atoms with Gasteiger partial charge in [0.05, 0.1) is 0 Å². The van der Waals surface area contributed by atoms with E-state index >= 15 is 0 Å². The lowest BCUT2D eigenvalue weighted by atomic mass is 10.2. The van der Waals surface area contributed by atoms with Crippen LogP contribution >= 0.6 is 11.6 Å². The van der Waals surface area contributed by atoms with Crippen LogP contribution in [0.5, 0.6) is 0 Å². The molecule has 0 aliphatic rings.